The SMILES string of the molecule is Br.Cc1ccc(C(=O)C(C)N2C=CN(C)C2)cc1. The Balaban J connectivity index is 0.00000162. The van der Waals surface area contributed by atoms with Crippen LogP contribution in [0.2, 0.25) is 0 Å². The molecule has 0 amide bonds. The number of benzene rings is 1. The average Bonchev–Trinajstić information content (AvgIpc) is 2.75. The van der Waals surface area contributed by atoms with Crippen LogP contribution in [0.25, 0.3) is 0 Å². The van der Waals surface area contributed by atoms with Gasteiger partial charge in [0.15, 0.2) is 5.78 Å². The first kappa shape index (κ1) is 14.8. The van der Waals surface area contributed by atoms with Gasteiger partial charge in [-0.1, -0.05) is 29.8 Å². The van der Waals surface area contributed by atoms with Gasteiger partial charge in [0, 0.05) is 25.0 Å². The van der Waals surface area contributed by atoms with Crippen molar-refractivity contribution in [2.45, 2.75) is 19.9 Å². The van der Waals surface area contributed by atoms with Crippen LogP contribution in [-0.4, -0.2) is 35.3 Å². The maximum atomic E-state index is 12.3. The molecule has 18 heavy (non-hydrogen) atoms. The predicted octanol–water partition coefficient (Wildman–Crippen LogP) is 2.82. The van der Waals surface area contributed by atoms with Gasteiger partial charge in [0.2, 0.25) is 0 Å². The van der Waals surface area contributed by atoms with E-state index < -0.39 is 0 Å². The van der Waals surface area contributed by atoms with Crippen LogP contribution >= 0.6 is 17.0 Å². The quantitative estimate of drug-likeness (QED) is 0.802. The summed E-state index contributed by atoms with van der Waals surface area (Å²) in [6.45, 7) is 4.75. The van der Waals surface area contributed by atoms with E-state index in [2.05, 4.69) is 4.90 Å². The van der Waals surface area contributed by atoms with Crippen molar-refractivity contribution in [3.8, 4) is 0 Å². The second-order valence-corrected chi connectivity index (χ2v) is 4.62. The third-order valence-electron chi connectivity index (χ3n) is 3.11. The highest BCUT2D eigenvalue weighted by atomic mass is 79.9. The lowest BCUT2D eigenvalue weighted by Gasteiger charge is -2.24. The Morgan fingerprint density at radius 1 is 1.22 bits per heavy atom. The highest BCUT2D eigenvalue weighted by Crippen LogP contribution is 2.14. The molecule has 0 aromatic heterocycles. The van der Waals surface area contributed by atoms with Gasteiger partial charge >= 0.3 is 0 Å². The molecule has 0 radical (unpaired) electrons. The van der Waals surface area contributed by atoms with Gasteiger partial charge in [-0.05, 0) is 13.8 Å². The Morgan fingerprint density at radius 3 is 2.33 bits per heavy atom. The number of carbonyl (C=O) groups excluding carboxylic acids is 1. The fourth-order valence-electron chi connectivity index (χ4n) is 1.91. The fraction of sp³-hybridized carbons (Fsp3) is 0.357. The minimum absolute atomic E-state index is 0. The molecule has 0 spiro atoms. The Hall–Kier alpha value is -1.29. The van der Waals surface area contributed by atoms with E-state index in [-0.39, 0.29) is 28.8 Å². The molecule has 1 unspecified atom stereocenters. The fourth-order valence-corrected chi connectivity index (χ4v) is 1.91. The number of Topliss-reactive ketones (excluding diaryl/α,β-unsaturated/α-hetero) is 1. The molecule has 98 valence electrons. The van der Waals surface area contributed by atoms with Crippen LogP contribution in [0.15, 0.2) is 36.7 Å². The zero-order valence-electron chi connectivity index (χ0n) is 11.0. The van der Waals surface area contributed by atoms with Crippen LogP contribution in [0.1, 0.15) is 22.8 Å². The predicted molar refractivity (Wildman–Crippen MR) is 78.9 cm³/mol. The molecular formula is C14H19BrN2O. The number of rotatable bonds is 3. The summed E-state index contributed by atoms with van der Waals surface area (Å²) in [4.78, 5) is 16.4. The maximum Gasteiger partial charge on any atom is 0.184 e. The molecule has 1 aromatic carbocycles. The van der Waals surface area contributed by atoms with E-state index in [1.54, 1.807) is 0 Å². The van der Waals surface area contributed by atoms with Gasteiger partial charge in [-0.2, -0.15) is 0 Å². The lowest BCUT2D eigenvalue weighted by atomic mass is 10.0. The summed E-state index contributed by atoms with van der Waals surface area (Å²) in [5, 5.41) is 0. The van der Waals surface area contributed by atoms with E-state index in [9.17, 15) is 4.79 Å². The molecule has 0 bridgehead atoms. The van der Waals surface area contributed by atoms with Crippen molar-refractivity contribution in [3.63, 3.8) is 0 Å². The van der Waals surface area contributed by atoms with Crippen molar-refractivity contribution >= 4 is 22.8 Å². The van der Waals surface area contributed by atoms with Crippen LogP contribution in [0.3, 0.4) is 0 Å². The van der Waals surface area contributed by atoms with Crippen molar-refractivity contribution < 1.29 is 4.79 Å². The molecule has 4 heteroatoms. The zero-order valence-corrected chi connectivity index (χ0v) is 12.7. The molecule has 1 aromatic rings. The van der Waals surface area contributed by atoms with Crippen molar-refractivity contribution in [1.29, 1.82) is 0 Å². The number of nitrogens with zero attached hydrogens (tertiary/aromatic N) is 2. The van der Waals surface area contributed by atoms with Gasteiger partial charge in [-0.25, -0.2) is 0 Å². The number of hydrogen-bond donors (Lipinski definition) is 0. The molecule has 2 rings (SSSR count). The third kappa shape index (κ3) is 3.13. The number of halogens is 1. The molecular weight excluding hydrogens is 292 g/mol. The molecule has 1 heterocycles. The molecule has 0 saturated carbocycles. The van der Waals surface area contributed by atoms with Crippen LogP contribution in [0.5, 0.6) is 0 Å². The van der Waals surface area contributed by atoms with E-state index in [4.69, 9.17) is 0 Å². The molecule has 0 saturated heterocycles. The van der Waals surface area contributed by atoms with Gasteiger partial charge in [-0.3, -0.25) is 4.79 Å². The minimum atomic E-state index is -0.112. The van der Waals surface area contributed by atoms with Gasteiger partial charge in [0.1, 0.15) is 0 Å². The summed E-state index contributed by atoms with van der Waals surface area (Å²) in [6, 6.07) is 7.64. The average molecular weight is 311 g/mol. The largest absolute Gasteiger partial charge is 0.362 e. The van der Waals surface area contributed by atoms with Crippen LogP contribution in [0, 0.1) is 6.92 Å². The summed E-state index contributed by atoms with van der Waals surface area (Å²) >= 11 is 0. The van der Waals surface area contributed by atoms with Crippen LogP contribution < -0.4 is 0 Å². The van der Waals surface area contributed by atoms with Gasteiger partial charge in [-0.15, -0.1) is 17.0 Å². The maximum absolute atomic E-state index is 12.3. The molecule has 0 aliphatic carbocycles. The van der Waals surface area contributed by atoms with Crippen LogP contribution in [-0.2, 0) is 0 Å². The second kappa shape index (κ2) is 6.05. The van der Waals surface area contributed by atoms with Crippen molar-refractivity contribution in [2.75, 3.05) is 13.7 Å². The van der Waals surface area contributed by atoms with Crippen molar-refractivity contribution in [2.24, 2.45) is 0 Å². The lowest BCUT2D eigenvalue weighted by molar-refractivity contribution is 0.0873. The Morgan fingerprint density at radius 2 is 1.83 bits per heavy atom. The Kier molecular flexibility index (Phi) is 4.96. The van der Waals surface area contributed by atoms with Crippen molar-refractivity contribution in [1.82, 2.24) is 9.80 Å². The lowest BCUT2D eigenvalue weighted by Crippen LogP contribution is -2.36. The Labute approximate surface area is 119 Å². The summed E-state index contributed by atoms with van der Waals surface area (Å²) in [7, 11) is 2.00. The topological polar surface area (TPSA) is 23.6 Å². The molecule has 1 aliphatic rings. The highest BCUT2D eigenvalue weighted by Gasteiger charge is 2.22. The minimum Gasteiger partial charge on any atom is -0.362 e. The molecule has 0 N–H and O–H groups in total. The summed E-state index contributed by atoms with van der Waals surface area (Å²) < 4.78 is 0. The third-order valence-corrected chi connectivity index (χ3v) is 3.11. The van der Waals surface area contributed by atoms with E-state index in [1.807, 2.05) is 62.5 Å². The zero-order chi connectivity index (χ0) is 12.4. The second-order valence-electron chi connectivity index (χ2n) is 4.62. The normalized spacial score (nSPS) is 15.5. The monoisotopic (exact) mass is 310 g/mol. The highest BCUT2D eigenvalue weighted by molar-refractivity contribution is 8.93. The van der Waals surface area contributed by atoms with E-state index in [1.165, 1.54) is 5.56 Å². The van der Waals surface area contributed by atoms with Gasteiger partial charge < -0.3 is 9.80 Å². The molecule has 3 nitrogen and oxygen atoms in total. The van der Waals surface area contributed by atoms with E-state index in [0.29, 0.717) is 0 Å². The molecule has 0 fully saturated rings. The molecule has 1 aliphatic heterocycles. The Bertz CT molecular complexity index is 442. The molecule has 1 atom stereocenters. The first-order valence-corrected chi connectivity index (χ1v) is 5.83. The number of hydrogen-bond acceptors (Lipinski definition) is 3. The summed E-state index contributed by atoms with van der Waals surface area (Å²) in [6.07, 6.45) is 3.95. The van der Waals surface area contributed by atoms with Crippen LogP contribution in [0.4, 0.5) is 0 Å². The number of ketones is 1. The first-order chi connectivity index (χ1) is 8.08. The number of carbonyl (C=O) groups is 1. The first-order valence-electron chi connectivity index (χ1n) is 5.83. The summed E-state index contributed by atoms with van der Waals surface area (Å²) in [5.41, 5.74) is 1.96. The van der Waals surface area contributed by atoms with E-state index in [0.717, 1.165) is 12.2 Å². The standard InChI is InChI=1S/C14H18N2O.BrH/c1-11-4-6-13(7-5-11)14(17)12(2)16-9-8-15(3)10-16;/h4-9,12H,10H2,1-3H3;1H. The van der Waals surface area contributed by atoms with Crippen molar-refractivity contribution in [3.05, 3.63) is 47.8 Å². The van der Waals surface area contributed by atoms with Gasteiger partial charge in [0.05, 0.1) is 12.7 Å². The van der Waals surface area contributed by atoms with Gasteiger partial charge in [0.25, 0.3) is 0 Å². The smallest absolute Gasteiger partial charge is 0.184 e. The summed E-state index contributed by atoms with van der Waals surface area (Å²) in [5.74, 6) is 0.171. The number of aryl methyl sites for hydroxylation is 1. The van der Waals surface area contributed by atoms with E-state index >= 15 is 0 Å².